The fourth-order valence-electron chi connectivity index (χ4n) is 4.03. The molecule has 3 aromatic rings. The van der Waals surface area contributed by atoms with E-state index in [9.17, 15) is 9.50 Å². The maximum Gasteiger partial charge on any atom is 0.296 e. The van der Waals surface area contributed by atoms with E-state index in [1.165, 1.54) is 0 Å². The number of pyridine rings is 1. The van der Waals surface area contributed by atoms with Crippen LogP contribution in [0.1, 0.15) is 24.8 Å². The lowest BCUT2D eigenvalue weighted by atomic mass is 9.96. The highest BCUT2D eigenvalue weighted by molar-refractivity contribution is 6.33. The summed E-state index contributed by atoms with van der Waals surface area (Å²) in [7, 11) is 0. The van der Waals surface area contributed by atoms with E-state index in [-0.39, 0.29) is 31.3 Å². The second kappa shape index (κ2) is 8.02. The molecule has 31 heavy (non-hydrogen) atoms. The standard InChI is InChI=1S/C22H23ClFN3O4/c23-15-8-16-20(27-21(25-16)31-14-7-17(29)18(9-28)30-10-14)26-19(15)12-1-3-13(4-2-12)22(11-24)5-6-22/h1-4,8,14,17-18,28-29H,5-7,9-11H2,(H,25,26,27)/t14-,17+,18-/m1/s1. The third-order valence-electron chi connectivity index (χ3n) is 6.17. The Kier molecular flexibility index (Phi) is 5.34. The predicted octanol–water partition coefficient (Wildman–Crippen LogP) is 3.17. The van der Waals surface area contributed by atoms with Gasteiger partial charge >= 0.3 is 0 Å². The number of hydrogen-bond acceptors (Lipinski definition) is 6. The zero-order chi connectivity index (χ0) is 21.6. The van der Waals surface area contributed by atoms with Crippen molar-refractivity contribution in [2.24, 2.45) is 0 Å². The van der Waals surface area contributed by atoms with Gasteiger partial charge in [-0.1, -0.05) is 35.9 Å². The van der Waals surface area contributed by atoms with Gasteiger partial charge in [0.25, 0.3) is 6.01 Å². The molecular formula is C22H23ClFN3O4. The number of imidazole rings is 1. The molecule has 164 valence electrons. The Morgan fingerprint density at radius 3 is 2.68 bits per heavy atom. The molecule has 2 aliphatic rings. The molecule has 7 nitrogen and oxygen atoms in total. The number of hydrogen-bond donors (Lipinski definition) is 3. The van der Waals surface area contributed by atoms with Crippen LogP contribution < -0.4 is 4.74 Å². The maximum absolute atomic E-state index is 13.3. The molecule has 2 fully saturated rings. The zero-order valence-corrected chi connectivity index (χ0v) is 17.5. The van der Waals surface area contributed by atoms with E-state index in [4.69, 9.17) is 26.2 Å². The fraction of sp³-hybridized carbons (Fsp3) is 0.455. The van der Waals surface area contributed by atoms with E-state index < -0.39 is 18.3 Å². The van der Waals surface area contributed by atoms with Crippen LogP contribution in [0.25, 0.3) is 22.4 Å². The minimum atomic E-state index is -0.803. The van der Waals surface area contributed by atoms with Gasteiger partial charge in [-0.05, 0) is 24.5 Å². The van der Waals surface area contributed by atoms with Gasteiger partial charge in [0.1, 0.15) is 12.2 Å². The summed E-state index contributed by atoms with van der Waals surface area (Å²) in [6, 6.07) is 9.70. The second-order valence-electron chi connectivity index (χ2n) is 8.32. The van der Waals surface area contributed by atoms with Crippen LogP contribution in [0.3, 0.4) is 0 Å². The number of aromatic amines is 1. The first-order valence-corrected chi connectivity index (χ1v) is 10.7. The van der Waals surface area contributed by atoms with Crippen LogP contribution in [0.5, 0.6) is 6.01 Å². The van der Waals surface area contributed by atoms with Crippen LogP contribution in [0, 0.1) is 0 Å². The van der Waals surface area contributed by atoms with Crippen LogP contribution in [0.15, 0.2) is 30.3 Å². The number of nitrogens with zero attached hydrogens (tertiary/aromatic N) is 2. The van der Waals surface area contributed by atoms with Crippen LogP contribution in [0.2, 0.25) is 5.02 Å². The van der Waals surface area contributed by atoms with Crippen molar-refractivity contribution in [1.82, 2.24) is 15.0 Å². The molecule has 3 heterocycles. The molecule has 0 radical (unpaired) electrons. The topological polar surface area (TPSA) is 100 Å². The molecule has 1 aliphatic heterocycles. The highest BCUT2D eigenvalue weighted by Gasteiger charge is 2.44. The summed E-state index contributed by atoms with van der Waals surface area (Å²) in [5, 5.41) is 19.6. The quantitative estimate of drug-likeness (QED) is 0.536. The van der Waals surface area contributed by atoms with Gasteiger partial charge in [0.05, 0.1) is 42.2 Å². The number of H-pyrrole nitrogens is 1. The number of aliphatic hydroxyl groups excluding tert-OH is 2. The first-order chi connectivity index (χ1) is 15.0. The summed E-state index contributed by atoms with van der Waals surface area (Å²) in [4.78, 5) is 12.0. The molecule has 0 bridgehead atoms. The summed E-state index contributed by atoms with van der Waals surface area (Å²) in [6.07, 6.45) is 0.299. The number of aliphatic hydroxyl groups is 2. The Morgan fingerprint density at radius 2 is 2.03 bits per heavy atom. The molecule has 1 aromatic carbocycles. The largest absolute Gasteiger partial charge is 0.459 e. The van der Waals surface area contributed by atoms with Crippen molar-refractivity contribution >= 4 is 22.8 Å². The number of halogens is 2. The monoisotopic (exact) mass is 447 g/mol. The van der Waals surface area contributed by atoms with Gasteiger partial charge in [0, 0.05) is 17.4 Å². The Labute approximate surface area is 183 Å². The summed E-state index contributed by atoms with van der Waals surface area (Å²) in [5.41, 5.74) is 3.20. The molecule has 9 heteroatoms. The molecule has 1 saturated carbocycles. The number of aromatic nitrogens is 3. The van der Waals surface area contributed by atoms with Gasteiger partial charge in [0.15, 0.2) is 5.65 Å². The molecule has 3 N–H and O–H groups in total. The number of benzene rings is 1. The average molecular weight is 448 g/mol. The Morgan fingerprint density at radius 1 is 1.26 bits per heavy atom. The van der Waals surface area contributed by atoms with Crippen LogP contribution >= 0.6 is 11.6 Å². The Balaban J connectivity index is 1.36. The van der Waals surface area contributed by atoms with E-state index in [0.29, 0.717) is 28.3 Å². The van der Waals surface area contributed by atoms with E-state index in [1.54, 1.807) is 6.07 Å². The third kappa shape index (κ3) is 3.89. The Bertz CT molecular complexity index is 1090. The van der Waals surface area contributed by atoms with Crippen molar-refractivity contribution in [1.29, 1.82) is 0 Å². The number of ether oxygens (including phenoxy) is 2. The van der Waals surface area contributed by atoms with Gasteiger partial charge in [0.2, 0.25) is 0 Å². The molecule has 0 spiro atoms. The maximum atomic E-state index is 13.3. The lowest BCUT2D eigenvalue weighted by Crippen LogP contribution is -2.45. The molecule has 1 aliphatic carbocycles. The van der Waals surface area contributed by atoms with Crippen LogP contribution in [0.4, 0.5) is 4.39 Å². The average Bonchev–Trinajstić information content (AvgIpc) is 3.48. The molecule has 2 aromatic heterocycles. The lowest BCUT2D eigenvalue weighted by molar-refractivity contribution is -0.131. The van der Waals surface area contributed by atoms with Crippen LogP contribution in [-0.4, -0.2) is 63.4 Å². The van der Waals surface area contributed by atoms with Gasteiger partial charge in [-0.3, -0.25) is 4.39 Å². The SMILES string of the molecule is OC[C@H]1OC[C@H](Oc2nc3nc(-c4ccc(C5(CF)CC5)cc4)c(Cl)cc3[nH]2)C[C@@H]1O. The van der Waals surface area contributed by atoms with E-state index >= 15 is 0 Å². The van der Waals surface area contributed by atoms with E-state index in [0.717, 1.165) is 24.0 Å². The molecule has 5 rings (SSSR count). The number of nitrogens with one attached hydrogen (secondary N) is 1. The van der Waals surface area contributed by atoms with Gasteiger partial charge < -0.3 is 24.7 Å². The number of alkyl halides is 1. The van der Waals surface area contributed by atoms with Crippen molar-refractivity contribution in [2.75, 3.05) is 19.9 Å². The number of rotatable bonds is 6. The summed E-state index contributed by atoms with van der Waals surface area (Å²) < 4.78 is 24.5. The van der Waals surface area contributed by atoms with E-state index in [1.807, 2.05) is 24.3 Å². The second-order valence-corrected chi connectivity index (χ2v) is 8.73. The first-order valence-electron chi connectivity index (χ1n) is 10.3. The predicted molar refractivity (Wildman–Crippen MR) is 113 cm³/mol. The fourth-order valence-corrected chi connectivity index (χ4v) is 4.29. The smallest absolute Gasteiger partial charge is 0.296 e. The lowest BCUT2D eigenvalue weighted by Gasteiger charge is -2.31. The van der Waals surface area contributed by atoms with Gasteiger partial charge in [-0.2, -0.15) is 4.98 Å². The van der Waals surface area contributed by atoms with Crippen molar-refractivity contribution in [3.05, 3.63) is 40.9 Å². The Hall–Kier alpha value is -2.26. The van der Waals surface area contributed by atoms with Crippen molar-refractivity contribution < 1.29 is 24.1 Å². The van der Waals surface area contributed by atoms with Crippen LogP contribution in [-0.2, 0) is 10.2 Å². The molecular weight excluding hydrogens is 425 g/mol. The zero-order valence-electron chi connectivity index (χ0n) is 16.7. The minimum Gasteiger partial charge on any atom is -0.459 e. The summed E-state index contributed by atoms with van der Waals surface area (Å²) >= 11 is 6.47. The van der Waals surface area contributed by atoms with Crippen molar-refractivity contribution in [2.45, 2.75) is 43.0 Å². The van der Waals surface area contributed by atoms with Gasteiger partial charge in [-0.25, -0.2) is 4.98 Å². The highest BCUT2D eigenvalue weighted by Crippen LogP contribution is 2.48. The molecule has 1 saturated heterocycles. The minimum absolute atomic E-state index is 0.237. The van der Waals surface area contributed by atoms with Crippen molar-refractivity contribution in [3.8, 4) is 17.3 Å². The molecule has 0 amide bonds. The summed E-state index contributed by atoms with van der Waals surface area (Å²) in [6.45, 7) is -0.331. The van der Waals surface area contributed by atoms with Gasteiger partial charge in [-0.15, -0.1) is 0 Å². The highest BCUT2D eigenvalue weighted by atomic mass is 35.5. The molecule has 3 atom stereocenters. The van der Waals surface area contributed by atoms with E-state index in [2.05, 4.69) is 15.0 Å². The number of fused-ring (bicyclic) bond motifs is 1. The summed E-state index contributed by atoms with van der Waals surface area (Å²) in [5.74, 6) is 0. The van der Waals surface area contributed by atoms with Crippen molar-refractivity contribution in [3.63, 3.8) is 0 Å². The third-order valence-corrected chi connectivity index (χ3v) is 6.46. The first kappa shape index (κ1) is 20.6. The normalized spacial score (nSPS) is 25.0. The molecule has 0 unspecified atom stereocenters.